The molecule has 122 valence electrons. The van der Waals surface area contributed by atoms with Crippen LogP contribution in [0.1, 0.15) is 10.5 Å². The Balaban J connectivity index is 1.54. The van der Waals surface area contributed by atoms with Crippen LogP contribution < -0.4 is 10.9 Å². The predicted octanol–water partition coefficient (Wildman–Crippen LogP) is 2.26. The predicted molar refractivity (Wildman–Crippen MR) is 88.8 cm³/mol. The van der Waals surface area contributed by atoms with E-state index in [-0.39, 0.29) is 17.3 Å². The summed E-state index contributed by atoms with van der Waals surface area (Å²) < 4.78 is 13.5. The van der Waals surface area contributed by atoms with Crippen molar-refractivity contribution in [3.05, 3.63) is 60.0 Å². The fraction of sp³-hybridized carbons (Fsp3) is 0.0625. The van der Waals surface area contributed by atoms with Gasteiger partial charge in [-0.2, -0.15) is 5.10 Å². The van der Waals surface area contributed by atoms with E-state index < -0.39 is 11.8 Å². The second-order valence-electron chi connectivity index (χ2n) is 4.84. The van der Waals surface area contributed by atoms with Crippen molar-refractivity contribution < 1.29 is 14.0 Å². The molecule has 0 atom stereocenters. The van der Waals surface area contributed by atoms with Crippen LogP contribution in [0, 0.1) is 5.82 Å². The van der Waals surface area contributed by atoms with Crippen LogP contribution in [0.5, 0.6) is 0 Å². The van der Waals surface area contributed by atoms with Crippen LogP contribution in [0.4, 0.5) is 4.39 Å². The van der Waals surface area contributed by atoms with E-state index in [9.17, 15) is 14.0 Å². The molecule has 0 radical (unpaired) electrons. The van der Waals surface area contributed by atoms with E-state index in [1.807, 2.05) is 6.07 Å². The average Bonchev–Trinajstić information content (AvgIpc) is 3.03. The Kier molecular flexibility index (Phi) is 4.76. The average molecular weight is 344 g/mol. The van der Waals surface area contributed by atoms with Gasteiger partial charge >= 0.3 is 0 Å². The number of nitrogens with one attached hydrogen (secondary N) is 3. The molecule has 0 unspecified atom stereocenters. The number of halogens is 1. The van der Waals surface area contributed by atoms with Gasteiger partial charge in [-0.1, -0.05) is 30.3 Å². The zero-order valence-electron chi connectivity index (χ0n) is 12.4. The molecule has 1 heterocycles. The molecule has 1 aromatic heterocycles. The lowest BCUT2D eigenvalue weighted by Crippen LogP contribution is -2.42. The maximum absolute atomic E-state index is 13.5. The summed E-state index contributed by atoms with van der Waals surface area (Å²) in [5, 5.41) is 7.33. The van der Waals surface area contributed by atoms with E-state index in [1.54, 1.807) is 36.4 Å². The SMILES string of the molecule is O=C(CSc1ccccc1F)NNC(=O)c1n[nH]c2ccccc12. The number of hydrazine groups is 1. The van der Waals surface area contributed by atoms with Crippen molar-refractivity contribution in [2.24, 2.45) is 0 Å². The number of fused-ring (bicyclic) bond motifs is 1. The van der Waals surface area contributed by atoms with E-state index in [2.05, 4.69) is 21.0 Å². The van der Waals surface area contributed by atoms with E-state index in [0.29, 0.717) is 10.3 Å². The second-order valence-corrected chi connectivity index (χ2v) is 5.86. The molecule has 0 aliphatic rings. The molecule has 6 nitrogen and oxygen atoms in total. The van der Waals surface area contributed by atoms with Gasteiger partial charge in [-0.25, -0.2) is 4.39 Å². The van der Waals surface area contributed by atoms with Crippen molar-refractivity contribution in [2.75, 3.05) is 5.75 Å². The summed E-state index contributed by atoms with van der Waals surface area (Å²) in [7, 11) is 0. The Morgan fingerprint density at radius 1 is 1.08 bits per heavy atom. The van der Waals surface area contributed by atoms with Crippen LogP contribution in [-0.4, -0.2) is 27.8 Å². The quantitative estimate of drug-likeness (QED) is 0.500. The molecule has 8 heteroatoms. The highest BCUT2D eigenvalue weighted by molar-refractivity contribution is 8.00. The number of aromatic amines is 1. The van der Waals surface area contributed by atoms with Crippen molar-refractivity contribution in [2.45, 2.75) is 4.90 Å². The third-order valence-corrected chi connectivity index (χ3v) is 4.24. The molecule has 3 aromatic rings. The maximum atomic E-state index is 13.5. The van der Waals surface area contributed by atoms with Crippen molar-refractivity contribution in [1.82, 2.24) is 21.0 Å². The maximum Gasteiger partial charge on any atom is 0.290 e. The van der Waals surface area contributed by atoms with Gasteiger partial charge in [0.2, 0.25) is 5.91 Å². The number of rotatable bonds is 4. The molecule has 0 saturated heterocycles. The third-order valence-electron chi connectivity index (χ3n) is 3.20. The van der Waals surface area contributed by atoms with Crippen molar-refractivity contribution in [3.8, 4) is 0 Å². The van der Waals surface area contributed by atoms with E-state index in [0.717, 1.165) is 17.3 Å². The third kappa shape index (κ3) is 3.54. The first-order chi connectivity index (χ1) is 11.6. The second kappa shape index (κ2) is 7.14. The molecule has 2 amide bonds. The zero-order valence-corrected chi connectivity index (χ0v) is 13.2. The molecule has 24 heavy (non-hydrogen) atoms. The fourth-order valence-corrected chi connectivity index (χ4v) is 2.80. The Morgan fingerprint density at radius 2 is 1.83 bits per heavy atom. The molecule has 0 spiro atoms. The number of hydrogen-bond donors (Lipinski definition) is 3. The van der Waals surface area contributed by atoms with Crippen LogP contribution in [0.15, 0.2) is 53.4 Å². The van der Waals surface area contributed by atoms with Gasteiger partial charge in [0, 0.05) is 10.3 Å². The number of thioether (sulfide) groups is 1. The monoisotopic (exact) mass is 344 g/mol. The van der Waals surface area contributed by atoms with Crippen molar-refractivity contribution in [3.63, 3.8) is 0 Å². The van der Waals surface area contributed by atoms with Gasteiger partial charge in [-0.3, -0.25) is 25.5 Å². The smallest absolute Gasteiger partial charge is 0.277 e. The number of carbonyl (C=O) groups is 2. The molecule has 2 aromatic carbocycles. The number of nitrogens with zero attached hydrogens (tertiary/aromatic N) is 1. The zero-order chi connectivity index (χ0) is 16.9. The van der Waals surface area contributed by atoms with Crippen molar-refractivity contribution in [1.29, 1.82) is 0 Å². The number of hydrogen-bond acceptors (Lipinski definition) is 4. The number of carbonyl (C=O) groups excluding carboxylic acids is 2. The van der Waals surface area contributed by atoms with Crippen LogP contribution >= 0.6 is 11.8 Å². The highest BCUT2D eigenvalue weighted by Crippen LogP contribution is 2.20. The van der Waals surface area contributed by atoms with Crippen LogP contribution in [0.3, 0.4) is 0 Å². The Morgan fingerprint density at radius 3 is 2.67 bits per heavy atom. The lowest BCUT2D eigenvalue weighted by Gasteiger charge is -2.06. The van der Waals surface area contributed by atoms with Gasteiger partial charge in [0.15, 0.2) is 5.69 Å². The Bertz CT molecular complexity index is 896. The standard InChI is InChI=1S/C16H13FN4O2S/c17-11-6-2-4-8-13(11)24-9-14(22)19-21-16(23)15-10-5-1-3-7-12(10)18-20-15/h1-8H,9H2,(H,18,20)(H,19,22)(H,21,23). The molecule has 0 aliphatic heterocycles. The van der Waals surface area contributed by atoms with Gasteiger partial charge in [-0.15, -0.1) is 11.8 Å². The molecule has 0 saturated carbocycles. The number of para-hydroxylation sites is 1. The normalized spacial score (nSPS) is 10.5. The largest absolute Gasteiger partial charge is 0.290 e. The molecular formula is C16H13FN4O2S. The first kappa shape index (κ1) is 16.0. The summed E-state index contributed by atoms with van der Waals surface area (Å²) in [5.41, 5.74) is 5.50. The highest BCUT2D eigenvalue weighted by Gasteiger charge is 2.14. The van der Waals surface area contributed by atoms with Gasteiger partial charge < -0.3 is 0 Å². The molecule has 0 bridgehead atoms. The fourth-order valence-electron chi connectivity index (χ4n) is 2.06. The summed E-state index contributed by atoms with van der Waals surface area (Å²) in [4.78, 5) is 24.2. The van der Waals surface area contributed by atoms with E-state index in [4.69, 9.17) is 0 Å². The molecule has 3 rings (SSSR count). The number of H-pyrrole nitrogens is 1. The lowest BCUT2D eigenvalue weighted by molar-refractivity contribution is -0.119. The van der Waals surface area contributed by atoms with Gasteiger partial charge in [-0.05, 0) is 18.2 Å². The summed E-state index contributed by atoms with van der Waals surface area (Å²) in [5.74, 6) is -1.39. The first-order valence-electron chi connectivity index (χ1n) is 7.05. The minimum atomic E-state index is -0.531. The van der Waals surface area contributed by atoms with Gasteiger partial charge in [0.25, 0.3) is 5.91 Å². The topological polar surface area (TPSA) is 86.9 Å². The minimum Gasteiger partial charge on any atom is -0.277 e. The van der Waals surface area contributed by atoms with E-state index in [1.165, 1.54) is 6.07 Å². The molecular weight excluding hydrogens is 331 g/mol. The summed E-state index contributed by atoms with van der Waals surface area (Å²) >= 11 is 1.05. The number of aromatic nitrogens is 2. The van der Waals surface area contributed by atoms with Gasteiger partial charge in [0.1, 0.15) is 5.82 Å². The summed E-state index contributed by atoms with van der Waals surface area (Å²) in [6.45, 7) is 0. The lowest BCUT2D eigenvalue weighted by atomic mass is 10.2. The van der Waals surface area contributed by atoms with Crippen LogP contribution in [0.25, 0.3) is 10.9 Å². The van der Waals surface area contributed by atoms with E-state index >= 15 is 0 Å². The summed E-state index contributed by atoms with van der Waals surface area (Å²) in [6.07, 6.45) is 0. The Hall–Kier alpha value is -2.87. The molecule has 0 fully saturated rings. The minimum absolute atomic E-state index is 0.0253. The highest BCUT2D eigenvalue weighted by atomic mass is 32.2. The number of benzene rings is 2. The molecule has 3 N–H and O–H groups in total. The molecule has 0 aliphatic carbocycles. The first-order valence-corrected chi connectivity index (χ1v) is 8.03. The van der Waals surface area contributed by atoms with Crippen LogP contribution in [0.2, 0.25) is 0 Å². The van der Waals surface area contributed by atoms with Crippen LogP contribution in [-0.2, 0) is 4.79 Å². The number of amides is 2. The summed E-state index contributed by atoms with van der Waals surface area (Å²) in [6, 6.07) is 13.3. The van der Waals surface area contributed by atoms with Crippen molar-refractivity contribution >= 4 is 34.5 Å². The Labute approximate surface area is 140 Å². The van der Waals surface area contributed by atoms with Gasteiger partial charge in [0.05, 0.1) is 11.3 Å².